The Hall–Kier alpha value is -0.430. The van der Waals surface area contributed by atoms with Gasteiger partial charge in [-0.1, -0.05) is 30.4 Å². The monoisotopic (exact) mass is 138 g/mol. The highest BCUT2D eigenvalue weighted by atomic mass is 32.1. The summed E-state index contributed by atoms with van der Waals surface area (Å²) in [6.45, 7) is 1.99. The molecule has 0 N–H and O–H groups in total. The molecule has 0 atom stereocenters. The highest BCUT2D eigenvalue weighted by Gasteiger charge is 2.05. The largest absolute Gasteiger partial charge is 0.144 e. The number of hydrogen-bond acceptors (Lipinski definition) is 1. The zero-order valence-corrected chi connectivity index (χ0v) is 6.31. The molecule has 0 saturated carbocycles. The van der Waals surface area contributed by atoms with Crippen LogP contribution in [0.15, 0.2) is 35.3 Å². The van der Waals surface area contributed by atoms with Gasteiger partial charge in [-0.05, 0) is 6.92 Å². The molecule has 48 valence electrons. The molecule has 1 rings (SSSR count). The van der Waals surface area contributed by atoms with Crippen LogP contribution < -0.4 is 0 Å². The van der Waals surface area contributed by atoms with E-state index in [-0.39, 0.29) is 0 Å². The van der Waals surface area contributed by atoms with Crippen molar-refractivity contribution in [2.75, 3.05) is 0 Å². The van der Waals surface area contributed by atoms with Crippen molar-refractivity contribution in [1.29, 1.82) is 0 Å². The van der Waals surface area contributed by atoms with E-state index in [1.807, 2.05) is 19.1 Å². The predicted molar refractivity (Wildman–Crippen MR) is 44.5 cm³/mol. The SMILES string of the molecule is C/C=C\C(S)=C/C1C=C1. The van der Waals surface area contributed by atoms with Crippen molar-refractivity contribution in [3.63, 3.8) is 0 Å². The second-order valence-corrected chi connectivity index (χ2v) is 2.57. The molecule has 0 fully saturated rings. The van der Waals surface area contributed by atoms with E-state index in [0.29, 0.717) is 5.92 Å². The lowest BCUT2D eigenvalue weighted by molar-refractivity contribution is 1.25. The van der Waals surface area contributed by atoms with Crippen molar-refractivity contribution in [1.82, 2.24) is 0 Å². The highest BCUT2D eigenvalue weighted by molar-refractivity contribution is 7.84. The van der Waals surface area contributed by atoms with Crippen molar-refractivity contribution in [2.45, 2.75) is 6.92 Å². The van der Waals surface area contributed by atoms with E-state index in [4.69, 9.17) is 0 Å². The second kappa shape index (κ2) is 2.92. The Kier molecular flexibility index (Phi) is 2.17. The summed E-state index contributed by atoms with van der Waals surface area (Å²) in [5, 5.41) is 0. The van der Waals surface area contributed by atoms with Crippen molar-refractivity contribution in [3.05, 3.63) is 35.3 Å². The van der Waals surface area contributed by atoms with Gasteiger partial charge >= 0.3 is 0 Å². The number of thiol groups is 1. The molecular weight excluding hydrogens is 128 g/mol. The molecule has 0 heterocycles. The fourth-order valence-corrected chi connectivity index (χ4v) is 0.920. The lowest BCUT2D eigenvalue weighted by atomic mass is 10.3. The van der Waals surface area contributed by atoms with Crippen LogP contribution in [0, 0.1) is 5.92 Å². The molecule has 0 unspecified atom stereocenters. The second-order valence-electron chi connectivity index (χ2n) is 2.05. The van der Waals surface area contributed by atoms with Crippen LogP contribution in [0.2, 0.25) is 0 Å². The molecule has 0 aromatic heterocycles. The third-order valence-corrected chi connectivity index (χ3v) is 1.41. The first-order valence-corrected chi connectivity index (χ1v) is 3.49. The fraction of sp³-hybridized carbons (Fsp3) is 0.250. The predicted octanol–water partition coefficient (Wildman–Crippen LogP) is 2.56. The number of hydrogen-bond donors (Lipinski definition) is 1. The summed E-state index contributed by atoms with van der Waals surface area (Å²) in [6, 6.07) is 0. The standard InChI is InChI=1S/C8H10S/c1-2-3-8(9)6-7-4-5-7/h2-7,9H,1H3/b3-2-,8-6+. The molecule has 1 aliphatic rings. The Bertz CT molecular complexity index is 169. The smallest absolute Gasteiger partial charge is 0.0142 e. The van der Waals surface area contributed by atoms with Crippen LogP contribution in [0.1, 0.15) is 6.92 Å². The average Bonchev–Trinajstić information content (AvgIpc) is 2.50. The summed E-state index contributed by atoms with van der Waals surface area (Å²) in [7, 11) is 0. The third-order valence-electron chi connectivity index (χ3n) is 1.12. The lowest BCUT2D eigenvalue weighted by Crippen LogP contribution is -1.68. The molecule has 1 aliphatic carbocycles. The molecule has 0 nitrogen and oxygen atoms in total. The fourth-order valence-electron chi connectivity index (χ4n) is 0.599. The molecule has 0 amide bonds. The normalized spacial score (nSPS) is 19.6. The Morgan fingerprint density at radius 3 is 2.67 bits per heavy atom. The summed E-state index contributed by atoms with van der Waals surface area (Å²) >= 11 is 4.22. The van der Waals surface area contributed by atoms with E-state index < -0.39 is 0 Å². The van der Waals surface area contributed by atoms with Gasteiger partial charge in [-0.2, -0.15) is 0 Å². The molecule has 0 radical (unpaired) electrons. The number of rotatable bonds is 2. The highest BCUT2D eigenvalue weighted by Crippen LogP contribution is 2.20. The Morgan fingerprint density at radius 1 is 1.56 bits per heavy atom. The average molecular weight is 138 g/mol. The van der Waals surface area contributed by atoms with Crippen LogP contribution in [0.3, 0.4) is 0 Å². The van der Waals surface area contributed by atoms with Crippen LogP contribution in [0.4, 0.5) is 0 Å². The van der Waals surface area contributed by atoms with Crippen molar-refractivity contribution >= 4 is 12.6 Å². The minimum Gasteiger partial charge on any atom is -0.144 e. The third kappa shape index (κ3) is 2.56. The van der Waals surface area contributed by atoms with Crippen molar-refractivity contribution in [3.8, 4) is 0 Å². The minimum atomic E-state index is 0.591. The van der Waals surface area contributed by atoms with E-state index in [1.54, 1.807) is 0 Å². The molecule has 0 aromatic carbocycles. The maximum absolute atomic E-state index is 4.22. The first-order chi connectivity index (χ1) is 4.33. The van der Waals surface area contributed by atoms with Gasteiger partial charge in [0.05, 0.1) is 0 Å². The minimum absolute atomic E-state index is 0.591. The van der Waals surface area contributed by atoms with Gasteiger partial charge < -0.3 is 0 Å². The van der Waals surface area contributed by atoms with E-state index in [2.05, 4.69) is 30.9 Å². The van der Waals surface area contributed by atoms with Gasteiger partial charge in [-0.25, -0.2) is 0 Å². The number of allylic oxidation sites excluding steroid dienone is 5. The quantitative estimate of drug-likeness (QED) is 0.338. The zero-order valence-electron chi connectivity index (χ0n) is 5.41. The van der Waals surface area contributed by atoms with Gasteiger partial charge in [0.1, 0.15) is 0 Å². The molecule has 0 bridgehead atoms. The van der Waals surface area contributed by atoms with Gasteiger partial charge in [0.15, 0.2) is 0 Å². The Morgan fingerprint density at radius 2 is 2.22 bits per heavy atom. The van der Waals surface area contributed by atoms with Crippen LogP contribution in [0.5, 0.6) is 0 Å². The van der Waals surface area contributed by atoms with E-state index in [9.17, 15) is 0 Å². The Balaban J connectivity index is 2.38. The summed E-state index contributed by atoms with van der Waals surface area (Å²) in [4.78, 5) is 1.05. The summed E-state index contributed by atoms with van der Waals surface area (Å²) < 4.78 is 0. The lowest BCUT2D eigenvalue weighted by Gasteiger charge is -1.86. The summed E-state index contributed by atoms with van der Waals surface area (Å²) in [5.74, 6) is 0.591. The van der Waals surface area contributed by atoms with Crippen molar-refractivity contribution in [2.24, 2.45) is 5.92 Å². The molecule has 0 aliphatic heterocycles. The summed E-state index contributed by atoms with van der Waals surface area (Å²) in [6.07, 6.45) is 10.4. The Labute approximate surface area is 61.4 Å². The van der Waals surface area contributed by atoms with Gasteiger partial charge in [0.25, 0.3) is 0 Å². The van der Waals surface area contributed by atoms with Crippen LogP contribution >= 0.6 is 12.6 Å². The van der Waals surface area contributed by atoms with Crippen molar-refractivity contribution < 1.29 is 0 Å². The van der Waals surface area contributed by atoms with Gasteiger partial charge in [-0.15, -0.1) is 12.6 Å². The zero-order chi connectivity index (χ0) is 6.69. The summed E-state index contributed by atoms with van der Waals surface area (Å²) in [5.41, 5.74) is 0. The van der Waals surface area contributed by atoms with E-state index in [0.717, 1.165) is 4.91 Å². The van der Waals surface area contributed by atoms with Crippen LogP contribution in [-0.2, 0) is 0 Å². The maximum Gasteiger partial charge on any atom is 0.0142 e. The molecule has 0 saturated heterocycles. The van der Waals surface area contributed by atoms with E-state index in [1.165, 1.54) is 0 Å². The maximum atomic E-state index is 4.22. The van der Waals surface area contributed by atoms with Crippen LogP contribution in [-0.4, -0.2) is 0 Å². The first-order valence-electron chi connectivity index (χ1n) is 3.04. The first kappa shape index (κ1) is 6.69. The molecule has 9 heavy (non-hydrogen) atoms. The molecule has 0 spiro atoms. The molecule has 1 heteroatoms. The molecular formula is C8H10S. The topological polar surface area (TPSA) is 0 Å². The van der Waals surface area contributed by atoms with Gasteiger partial charge in [-0.3, -0.25) is 0 Å². The van der Waals surface area contributed by atoms with Gasteiger partial charge in [0.2, 0.25) is 0 Å². The molecule has 0 aromatic rings. The van der Waals surface area contributed by atoms with E-state index >= 15 is 0 Å². The van der Waals surface area contributed by atoms with Gasteiger partial charge in [0, 0.05) is 10.8 Å². The van der Waals surface area contributed by atoms with Crippen LogP contribution in [0.25, 0.3) is 0 Å².